The van der Waals surface area contributed by atoms with Crippen molar-refractivity contribution in [3.8, 4) is 5.75 Å². The number of halogens is 3. The number of carbonyl (C=O) groups excluding carboxylic acids is 1. The van der Waals surface area contributed by atoms with Crippen molar-refractivity contribution in [3.63, 3.8) is 0 Å². The lowest BCUT2D eigenvalue weighted by Gasteiger charge is -2.20. The lowest BCUT2D eigenvalue weighted by molar-refractivity contribution is -0.274. The Balaban J connectivity index is 2.10. The number of hydrogen-bond donors (Lipinski definition) is 1. The van der Waals surface area contributed by atoms with Gasteiger partial charge in [0.2, 0.25) is 5.91 Å². The summed E-state index contributed by atoms with van der Waals surface area (Å²) in [5.74, 6) is -2.90. The van der Waals surface area contributed by atoms with Crippen LogP contribution in [0.5, 0.6) is 5.75 Å². The summed E-state index contributed by atoms with van der Waals surface area (Å²) in [6.45, 7) is -0.207. The van der Waals surface area contributed by atoms with Crippen LogP contribution in [0.25, 0.3) is 0 Å². The molecule has 25 heavy (non-hydrogen) atoms. The molecule has 9 heteroatoms. The van der Waals surface area contributed by atoms with E-state index in [9.17, 15) is 22.8 Å². The Kier molecular flexibility index (Phi) is 5.89. The largest absolute Gasteiger partial charge is 0.573 e. The van der Waals surface area contributed by atoms with Crippen molar-refractivity contribution in [3.05, 3.63) is 29.8 Å². The lowest BCUT2D eigenvalue weighted by atomic mass is 10.1. The molecule has 0 spiro atoms. The van der Waals surface area contributed by atoms with Crippen LogP contribution in [0, 0.1) is 5.92 Å². The van der Waals surface area contributed by atoms with Gasteiger partial charge in [-0.25, -0.2) is 0 Å². The topological polar surface area (TPSA) is 76.1 Å². The van der Waals surface area contributed by atoms with Gasteiger partial charge in [0.15, 0.2) is 0 Å². The highest BCUT2D eigenvalue weighted by molar-refractivity contribution is 5.86. The molecule has 1 amide bonds. The standard InChI is InChI=1S/C16H18F3NO5/c1-24-7-6-20(9-14(21)22)15(23)12-8-11(12)10-4-2-3-5-13(10)25-16(17,18)19/h2-5,11-12H,6-9H2,1H3,(H,21,22). The van der Waals surface area contributed by atoms with E-state index in [1.54, 1.807) is 6.07 Å². The average molecular weight is 361 g/mol. The van der Waals surface area contributed by atoms with Gasteiger partial charge in [0.1, 0.15) is 12.3 Å². The maximum absolute atomic E-state index is 12.5. The first kappa shape index (κ1) is 19.0. The van der Waals surface area contributed by atoms with Gasteiger partial charge in [0.05, 0.1) is 6.61 Å². The molecular formula is C16H18F3NO5. The normalized spacial score (nSPS) is 19.4. The van der Waals surface area contributed by atoms with Crippen molar-refractivity contribution in [2.24, 2.45) is 5.92 Å². The van der Waals surface area contributed by atoms with Gasteiger partial charge >= 0.3 is 12.3 Å². The number of benzene rings is 1. The molecule has 2 atom stereocenters. The monoisotopic (exact) mass is 361 g/mol. The third-order valence-electron chi connectivity index (χ3n) is 3.85. The van der Waals surface area contributed by atoms with Gasteiger partial charge in [-0.05, 0) is 24.0 Å². The molecule has 0 saturated heterocycles. The minimum absolute atomic E-state index is 0.103. The number of rotatable bonds is 8. The lowest BCUT2D eigenvalue weighted by Crippen LogP contribution is -2.39. The number of hydrogen-bond acceptors (Lipinski definition) is 4. The van der Waals surface area contributed by atoms with Crippen LogP contribution in [0.3, 0.4) is 0 Å². The van der Waals surface area contributed by atoms with Gasteiger partial charge in [0.25, 0.3) is 0 Å². The molecule has 1 N–H and O–H groups in total. The molecule has 1 fully saturated rings. The summed E-state index contributed by atoms with van der Waals surface area (Å²) in [4.78, 5) is 24.5. The highest BCUT2D eigenvalue weighted by atomic mass is 19.4. The van der Waals surface area contributed by atoms with Gasteiger partial charge < -0.3 is 19.5 Å². The third kappa shape index (κ3) is 5.35. The quantitative estimate of drug-likeness (QED) is 0.769. The van der Waals surface area contributed by atoms with Gasteiger partial charge in [-0.15, -0.1) is 13.2 Å². The van der Waals surface area contributed by atoms with Gasteiger partial charge in [-0.1, -0.05) is 18.2 Å². The predicted molar refractivity (Wildman–Crippen MR) is 80.1 cm³/mol. The van der Waals surface area contributed by atoms with Crippen molar-refractivity contribution in [2.45, 2.75) is 18.7 Å². The van der Waals surface area contributed by atoms with Crippen LogP contribution in [0.1, 0.15) is 17.9 Å². The molecule has 1 aromatic carbocycles. The number of alkyl halides is 3. The van der Waals surface area contributed by atoms with E-state index in [-0.39, 0.29) is 18.9 Å². The Morgan fingerprint density at radius 3 is 2.60 bits per heavy atom. The summed E-state index contributed by atoms with van der Waals surface area (Å²) in [6, 6.07) is 5.66. The summed E-state index contributed by atoms with van der Waals surface area (Å²) in [7, 11) is 1.42. The molecule has 1 aliphatic carbocycles. The third-order valence-corrected chi connectivity index (χ3v) is 3.85. The number of aliphatic carboxylic acids is 1. The van der Waals surface area contributed by atoms with Crippen LogP contribution >= 0.6 is 0 Å². The molecule has 0 aromatic heterocycles. The number of amides is 1. The zero-order chi connectivity index (χ0) is 18.6. The number of para-hydroxylation sites is 1. The van der Waals surface area contributed by atoms with Gasteiger partial charge in [0, 0.05) is 19.6 Å². The maximum atomic E-state index is 12.5. The van der Waals surface area contributed by atoms with E-state index in [0.717, 1.165) is 4.90 Å². The van der Waals surface area contributed by atoms with Crippen molar-refractivity contribution >= 4 is 11.9 Å². The van der Waals surface area contributed by atoms with E-state index in [1.165, 1.54) is 25.3 Å². The molecule has 0 radical (unpaired) electrons. The second-order valence-corrected chi connectivity index (χ2v) is 5.68. The molecule has 0 bridgehead atoms. The first-order valence-electron chi connectivity index (χ1n) is 7.57. The Bertz CT molecular complexity index is 634. The zero-order valence-electron chi connectivity index (χ0n) is 13.5. The molecule has 2 unspecified atom stereocenters. The van der Waals surface area contributed by atoms with Crippen LogP contribution in [-0.4, -0.2) is 55.1 Å². The number of nitrogens with zero attached hydrogens (tertiary/aromatic N) is 1. The van der Waals surface area contributed by atoms with E-state index in [4.69, 9.17) is 9.84 Å². The first-order valence-corrected chi connectivity index (χ1v) is 7.57. The summed E-state index contributed by atoms with van der Waals surface area (Å²) in [6.07, 6.45) is -4.47. The number of ether oxygens (including phenoxy) is 2. The fourth-order valence-electron chi connectivity index (χ4n) is 2.68. The molecule has 6 nitrogen and oxygen atoms in total. The van der Waals surface area contributed by atoms with Crippen LogP contribution in [0.2, 0.25) is 0 Å². The first-order chi connectivity index (χ1) is 11.7. The Labute approximate surface area is 142 Å². The highest BCUT2D eigenvalue weighted by Crippen LogP contribution is 2.51. The molecule has 0 aliphatic heterocycles. The zero-order valence-corrected chi connectivity index (χ0v) is 13.5. The molecule has 2 rings (SSSR count). The molecule has 1 aliphatic rings. The van der Waals surface area contributed by atoms with Crippen LogP contribution < -0.4 is 4.74 Å². The van der Waals surface area contributed by atoms with E-state index in [1.807, 2.05) is 0 Å². The second-order valence-electron chi connectivity index (χ2n) is 5.68. The predicted octanol–water partition coefficient (Wildman–Crippen LogP) is 2.25. The summed E-state index contributed by atoms with van der Waals surface area (Å²) < 4.78 is 46.4. The highest BCUT2D eigenvalue weighted by Gasteiger charge is 2.48. The van der Waals surface area contributed by atoms with Crippen molar-refractivity contribution in [2.75, 3.05) is 26.8 Å². The number of methoxy groups -OCH3 is 1. The van der Waals surface area contributed by atoms with Crippen LogP contribution in [0.15, 0.2) is 24.3 Å². The molecule has 0 heterocycles. The van der Waals surface area contributed by atoms with Crippen LogP contribution in [0.4, 0.5) is 13.2 Å². The minimum Gasteiger partial charge on any atom is -0.480 e. The van der Waals surface area contributed by atoms with E-state index < -0.39 is 36.6 Å². The summed E-state index contributed by atoms with van der Waals surface area (Å²) >= 11 is 0. The number of carboxylic acids is 1. The van der Waals surface area contributed by atoms with Gasteiger partial charge in [-0.3, -0.25) is 9.59 Å². The molecule has 138 valence electrons. The number of carbonyl (C=O) groups is 2. The van der Waals surface area contributed by atoms with E-state index >= 15 is 0 Å². The Hall–Kier alpha value is -2.29. The van der Waals surface area contributed by atoms with Crippen LogP contribution in [-0.2, 0) is 14.3 Å². The van der Waals surface area contributed by atoms with E-state index in [2.05, 4.69) is 4.74 Å². The fraction of sp³-hybridized carbons (Fsp3) is 0.500. The van der Waals surface area contributed by atoms with Crippen molar-refractivity contribution in [1.82, 2.24) is 4.90 Å². The molecule has 1 aromatic rings. The smallest absolute Gasteiger partial charge is 0.480 e. The number of carboxylic acid groups (broad SMARTS) is 1. The molecular weight excluding hydrogens is 343 g/mol. The fourth-order valence-corrected chi connectivity index (χ4v) is 2.68. The average Bonchev–Trinajstić information content (AvgIpc) is 3.29. The second kappa shape index (κ2) is 7.73. The van der Waals surface area contributed by atoms with E-state index in [0.29, 0.717) is 12.0 Å². The maximum Gasteiger partial charge on any atom is 0.573 e. The Morgan fingerprint density at radius 2 is 2.00 bits per heavy atom. The van der Waals surface area contributed by atoms with Gasteiger partial charge in [-0.2, -0.15) is 0 Å². The van der Waals surface area contributed by atoms with Crippen molar-refractivity contribution < 1.29 is 37.3 Å². The summed E-state index contributed by atoms with van der Waals surface area (Å²) in [5, 5.41) is 8.91. The Morgan fingerprint density at radius 1 is 1.32 bits per heavy atom. The minimum atomic E-state index is -4.82. The SMILES string of the molecule is COCCN(CC(=O)O)C(=O)C1CC1c1ccccc1OC(F)(F)F. The van der Waals surface area contributed by atoms with Crippen molar-refractivity contribution in [1.29, 1.82) is 0 Å². The molecule has 1 saturated carbocycles. The summed E-state index contributed by atoms with van der Waals surface area (Å²) in [5.41, 5.74) is 0.292.